The van der Waals surface area contributed by atoms with Gasteiger partial charge in [0.1, 0.15) is 18.2 Å². The molecule has 2 unspecified atom stereocenters. The summed E-state index contributed by atoms with van der Waals surface area (Å²) < 4.78 is 0. The highest BCUT2D eigenvalue weighted by atomic mass is 15.3. The quantitative estimate of drug-likeness (QED) is 0.146. The average Bonchev–Trinajstić information content (AvgIpc) is 3.43. The first-order valence-electron chi connectivity index (χ1n) is 17.9. The molecule has 244 valence electrons. The summed E-state index contributed by atoms with van der Waals surface area (Å²) in [5.74, 6) is 0.898. The molecule has 0 bridgehead atoms. The minimum atomic E-state index is -0.258. The summed E-state index contributed by atoms with van der Waals surface area (Å²) in [5, 5.41) is 15.0. The number of aliphatic imine (C=N–C) groups is 1. The molecule has 0 amide bonds. The molecule has 1 heterocycles. The Balaban J connectivity index is 1.13. The van der Waals surface area contributed by atoms with Crippen LogP contribution in [0.4, 0.5) is 0 Å². The van der Waals surface area contributed by atoms with Crippen molar-refractivity contribution in [1.29, 1.82) is 0 Å². The molecule has 2 atom stereocenters. The van der Waals surface area contributed by atoms with Gasteiger partial charge in [-0.25, -0.2) is 4.99 Å². The van der Waals surface area contributed by atoms with E-state index < -0.39 is 0 Å². The molecule has 3 nitrogen and oxygen atoms in total. The lowest BCUT2D eigenvalue weighted by molar-refractivity contribution is 0.409. The van der Waals surface area contributed by atoms with Gasteiger partial charge < -0.3 is 5.32 Å². The Morgan fingerprint density at radius 3 is 2.04 bits per heavy atom. The summed E-state index contributed by atoms with van der Waals surface area (Å²) in [5.41, 5.74) is 11.4. The number of rotatable bonds is 4. The summed E-state index contributed by atoms with van der Waals surface area (Å²) in [7, 11) is 0. The second-order valence-electron chi connectivity index (χ2n) is 14.4. The van der Waals surface area contributed by atoms with Crippen molar-refractivity contribution in [1.82, 2.24) is 10.6 Å². The zero-order valence-corrected chi connectivity index (χ0v) is 28.7. The molecule has 1 aliphatic carbocycles. The van der Waals surface area contributed by atoms with E-state index in [0.29, 0.717) is 0 Å². The van der Waals surface area contributed by atoms with Gasteiger partial charge in [0.05, 0.1) is 0 Å². The van der Waals surface area contributed by atoms with Crippen LogP contribution in [0.25, 0.3) is 54.6 Å². The van der Waals surface area contributed by atoms with Crippen LogP contribution in [0.1, 0.15) is 54.0 Å². The highest BCUT2D eigenvalue weighted by Crippen LogP contribution is 2.52. The van der Waals surface area contributed by atoms with E-state index in [1.807, 2.05) is 0 Å². The zero-order valence-electron chi connectivity index (χ0n) is 28.7. The average molecular weight is 656 g/mol. The third-order valence-corrected chi connectivity index (χ3v) is 11.1. The normalized spacial score (nSPS) is 17.6. The van der Waals surface area contributed by atoms with Crippen LogP contribution >= 0.6 is 0 Å². The summed E-state index contributed by atoms with van der Waals surface area (Å²) in [6.45, 7) is 4.71. The number of amidine groups is 1. The molecule has 0 aromatic heterocycles. The molecule has 2 N–H and O–H groups in total. The van der Waals surface area contributed by atoms with E-state index in [1.165, 1.54) is 71.3 Å². The van der Waals surface area contributed by atoms with E-state index in [0.717, 1.165) is 17.0 Å². The molecule has 1 aliphatic heterocycles. The molecule has 51 heavy (non-hydrogen) atoms. The highest BCUT2D eigenvalue weighted by molar-refractivity contribution is 6.26. The van der Waals surface area contributed by atoms with Crippen LogP contribution < -0.4 is 10.6 Å². The maximum atomic E-state index is 5.51. The summed E-state index contributed by atoms with van der Waals surface area (Å²) in [6.07, 6.45) is -0.393. The summed E-state index contributed by atoms with van der Waals surface area (Å²) in [6, 6.07) is 59.5. The molecule has 0 saturated carbocycles. The van der Waals surface area contributed by atoms with Gasteiger partial charge in [0, 0.05) is 16.4 Å². The monoisotopic (exact) mass is 655 g/mol. The third kappa shape index (κ3) is 4.73. The molecular weight excluding hydrogens is 619 g/mol. The fourth-order valence-electron chi connectivity index (χ4n) is 8.69. The molecule has 0 saturated heterocycles. The Kier molecular flexibility index (Phi) is 6.74. The maximum Gasteiger partial charge on any atom is 0.133 e. The van der Waals surface area contributed by atoms with E-state index in [2.05, 4.69) is 188 Å². The van der Waals surface area contributed by atoms with Crippen molar-refractivity contribution in [2.75, 3.05) is 0 Å². The van der Waals surface area contributed by atoms with E-state index >= 15 is 0 Å². The standard InChI is InChI=1S/C48H37N3/c1-48(2)41-22-11-10-19-39(41)40-21-12-20-38(44(40)48)31-23-26-33(27-24-31)46-49-45(32-14-4-3-5-15-32)50-47(51-46)43-37-18-9-7-16-34(37)29-35-28-25-30-13-6-8-17-36(30)42(35)43/h3-29,45-46,49H,1-2H3,(H,50,51). The van der Waals surface area contributed by atoms with Crippen molar-refractivity contribution in [2.45, 2.75) is 31.6 Å². The van der Waals surface area contributed by atoms with Crippen LogP contribution in [0.15, 0.2) is 169 Å². The molecule has 2 aliphatic rings. The number of hydrogen-bond acceptors (Lipinski definition) is 3. The topological polar surface area (TPSA) is 36.4 Å². The third-order valence-electron chi connectivity index (χ3n) is 11.1. The van der Waals surface area contributed by atoms with Crippen LogP contribution in [-0.4, -0.2) is 5.84 Å². The van der Waals surface area contributed by atoms with Gasteiger partial charge in [-0.05, 0) is 77.5 Å². The molecule has 0 radical (unpaired) electrons. The lowest BCUT2D eigenvalue weighted by Gasteiger charge is -2.33. The van der Waals surface area contributed by atoms with Crippen LogP contribution in [0.3, 0.4) is 0 Å². The number of fused-ring (bicyclic) bond motifs is 7. The molecule has 0 fully saturated rings. The molecule has 3 heteroatoms. The van der Waals surface area contributed by atoms with E-state index in [-0.39, 0.29) is 17.7 Å². The van der Waals surface area contributed by atoms with Crippen molar-refractivity contribution in [3.8, 4) is 22.3 Å². The Bertz CT molecular complexity index is 2670. The van der Waals surface area contributed by atoms with Gasteiger partial charge in [0.2, 0.25) is 0 Å². The van der Waals surface area contributed by atoms with Crippen LogP contribution in [-0.2, 0) is 5.41 Å². The van der Waals surface area contributed by atoms with Gasteiger partial charge in [-0.15, -0.1) is 0 Å². The molecule has 10 rings (SSSR count). The molecular formula is C48H37N3. The van der Waals surface area contributed by atoms with E-state index in [4.69, 9.17) is 4.99 Å². The predicted molar refractivity (Wildman–Crippen MR) is 213 cm³/mol. The fraction of sp³-hybridized carbons (Fsp3) is 0.104. The number of hydrogen-bond donors (Lipinski definition) is 2. The number of nitrogens with one attached hydrogen (secondary N) is 2. The Morgan fingerprint density at radius 2 is 1.20 bits per heavy atom. The lowest BCUT2D eigenvalue weighted by Crippen LogP contribution is -2.45. The van der Waals surface area contributed by atoms with Crippen LogP contribution in [0, 0.1) is 0 Å². The highest BCUT2D eigenvalue weighted by Gasteiger charge is 2.37. The Labute approximate surface area is 298 Å². The minimum absolute atomic E-state index is 0.0781. The van der Waals surface area contributed by atoms with Gasteiger partial charge in [-0.3, -0.25) is 5.32 Å². The Hall–Kier alpha value is -6.03. The van der Waals surface area contributed by atoms with Crippen LogP contribution in [0.2, 0.25) is 0 Å². The van der Waals surface area contributed by atoms with Crippen molar-refractivity contribution in [2.24, 2.45) is 4.99 Å². The van der Waals surface area contributed by atoms with E-state index in [9.17, 15) is 0 Å². The summed E-state index contributed by atoms with van der Waals surface area (Å²) in [4.78, 5) is 5.51. The Morgan fingerprint density at radius 1 is 0.529 bits per heavy atom. The molecule has 0 spiro atoms. The van der Waals surface area contributed by atoms with Crippen molar-refractivity contribution >= 4 is 38.2 Å². The van der Waals surface area contributed by atoms with Crippen LogP contribution in [0.5, 0.6) is 0 Å². The van der Waals surface area contributed by atoms with Crippen molar-refractivity contribution < 1.29 is 0 Å². The van der Waals surface area contributed by atoms with Gasteiger partial charge in [0.25, 0.3) is 0 Å². The molecule has 8 aromatic rings. The number of nitrogens with zero attached hydrogens (tertiary/aromatic N) is 1. The first kappa shape index (κ1) is 29.8. The zero-order chi connectivity index (χ0) is 34.1. The first-order valence-corrected chi connectivity index (χ1v) is 17.9. The van der Waals surface area contributed by atoms with Gasteiger partial charge in [-0.2, -0.15) is 0 Å². The second-order valence-corrected chi connectivity index (χ2v) is 14.4. The minimum Gasteiger partial charge on any atom is -0.350 e. The number of benzene rings is 8. The molecule has 8 aromatic carbocycles. The van der Waals surface area contributed by atoms with Gasteiger partial charge >= 0.3 is 0 Å². The van der Waals surface area contributed by atoms with Gasteiger partial charge in [0.15, 0.2) is 0 Å². The second kappa shape index (κ2) is 11.5. The van der Waals surface area contributed by atoms with Crippen molar-refractivity contribution in [3.05, 3.63) is 192 Å². The maximum absolute atomic E-state index is 5.51. The summed E-state index contributed by atoms with van der Waals surface area (Å²) >= 11 is 0. The largest absolute Gasteiger partial charge is 0.350 e. The SMILES string of the molecule is CC1(C)c2ccccc2-c2cccc(-c3ccc(C4N=C(c5c6ccccc6cc6ccc7ccccc7c56)NC(c5ccccc5)N4)cc3)c21. The lowest BCUT2D eigenvalue weighted by atomic mass is 9.79. The smallest absolute Gasteiger partial charge is 0.133 e. The predicted octanol–water partition coefficient (Wildman–Crippen LogP) is 11.5. The first-order chi connectivity index (χ1) is 25.0. The fourth-order valence-corrected chi connectivity index (χ4v) is 8.69. The van der Waals surface area contributed by atoms with Crippen molar-refractivity contribution in [3.63, 3.8) is 0 Å². The van der Waals surface area contributed by atoms with E-state index in [1.54, 1.807) is 0 Å². The van der Waals surface area contributed by atoms with Gasteiger partial charge in [-0.1, -0.05) is 172 Å².